The highest BCUT2D eigenvalue weighted by Crippen LogP contribution is 2.29. The molecule has 0 atom stereocenters. The van der Waals surface area contributed by atoms with Gasteiger partial charge >= 0.3 is 0 Å². The maximum Gasteiger partial charge on any atom is 0.103 e. The number of hydrogen-bond donors (Lipinski definition) is 2. The van der Waals surface area contributed by atoms with Gasteiger partial charge in [0, 0.05) is 28.4 Å². The largest absolute Gasteiger partial charge is 0.317 e. The minimum Gasteiger partial charge on any atom is -0.317 e. The minimum atomic E-state index is 0.595. The molecule has 124 valence electrons. The number of piperidine rings is 1. The Morgan fingerprint density at radius 3 is 2.58 bits per heavy atom. The molecule has 24 heavy (non-hydrogen) atoms. The SMILES string of the molecule is C1CCNCC1.CSc1cc(-c2cn[nH]c2)cn2ncc(C#N)c12. The van der Waals surface area contributed by atoms with E-state index < -0.39 is 0 Å². The zero-order valence-electron chi connectivity index (χ0n) is 13.6. The van der Waals surface area contributed by atoms with Gasteiger partial charge in [-0.2, -0.15) is 15.5 Å². The zero-order chi connectivity index (χ0) is 16.8. The molecule has 0 amide bonds. The molecule has 0 saturated carbocycles. The number of pyridine rings is 1. The van der Waals surface area contributed by atoms with Crippen LogP contribution in [0.2, 0.25) is 0 Å². The second-order valence-corrected chi connectivity index (χ2v) is 6.41. The van der Waals surface area contributed by atoms with Crippen LogP contribution in [0.5, 0.6) is 0 Å². The topological polar surface area (TPSA) is 81.8 Å². The number of H-pyrrole nitrogens is 1. The summed E-state index contributed by atoms with van der Waals surface area (Å²) in [5, 5.41) is 23.3. The number of rotatable bonds is 2. The van der Waals surface area contributed by atoms with Gasteiger partial charge in [-0.3, -0.25) is 5.10 Å². The summed E-state index contributed by atoms with van der Waals surface area (Å²) in [5.74, 6) is 0. The molecule has 0 spiro atoms. The molecule has 1 saturated heterocycles. The van der Waals surface area contributed by atoms with Crippen molar-refractivity contribution in [2.24, 2.45) is 0 Å². The Balaban J connectivity index is 0.000000238. The number of nitrogens with zero attached hydrogens (tertiary/aromatic N) is 4. The second-order valence-electron chi connectivity index (χ2n) is 5.56. The van der Waals surface area contributed by atoms with Gasteiger partial charge in [0.25, 0.3) is 0 Å². The summed E-state index contributed by atoms with van der Waals surface area (Å²) < 4.78 is 1.74. The van der Waals surface area contributed by atoms with Crippen molar-refractivity contribution in [2.75, 3.05) is 19.3 Å². The van der Waals surface area contributed by atoms with Crippen molar-refractivity contribution in [1.29, 1.82) is 5.26 Å². The molecular formula is C17H20N6S. The van der Waals surface area contributed by atoms with Crippen molar-refractivity contribution < 1.29 is 0 Å². The summed E-state index contributed by atoms with van der Waals surface area (Å²) >= 11 is 1.60. The van der Waals surface area contributed by atoms with Crippen LogP contribution in [0.25, 0.3) is 16.6 Å². The van der Waals surface area contributed by atoms with Crippen molar-refractivity contribution in [2.45, 2.75) is 24.2 Å². The molecule has 0 aliphatic carbocycles. The lowest BCUT2D eigenvalue weighted by molar-refractivity contribution is 0.520. The number of hydrogen-bond acceptors (Lipinski definition) is 5. The monoisotopic (exact) mass is 340 g/mol. The fraction of sp³-hybridized carbons (Fsp3) is 0.353. The molecular weight excluding hydrogens is 320 g/mol. The molecule has 4 heterocycles. The first-order valence-electron chi connectivity index (χ1n) is 7.99. The van der Waals surface area contributed by atoms with Crippen LogP contribution in [0.3, 0.4) is 0 Å². The van der Waals surface area contributed by atoms with Crippen LogP contribution in [0.1, 0.15) is 24.8 Å². The minimum absolute atomic E-state index is 0.595. The molecule has 2 N–H and O–H groups in total. The number of aromatic amines is 1. The van der Waals surface area contributed by atoms with Crippen LogP contribution in [0, 0.1) is 11.3 Å². The van der Waals surface area contributed by atoms with Gasteiger partial charge in [0.05, 0.1) is 23.5 Å². The van der Waals surface area contributed by atoms with E-state index >= 15 is 0 Å². The molecule has 3 aromatic rings. The maximum absolute atomic E-state index is 9.07. The van der Waals surface area contributed by atoms with Gasteiger partial charge in [0.2, 0.25) is 0 Å². The van der Waals surface area contributed by atoms with Gasteiger partial charge in [0.15, 0.2) is 0 Å². The normalized spacial score (nSPS) is 14.0. The smallest absolute Gasteiger partial charge is 0.103 e. The highest BCUT2D eigenvalue weighted by atomic mass is 32.2. The van der Waals surface area contributed by atoms with Gasteiger partial charge in [-0.25, -0.2) is 4.52 Å². The first-order chi connectivity index (χ1) is 11.8. The maximum atomic E-state index is 9.07. The van der Waals surface area contributed by atoms with Gasteiger partial charge in [0.1, 0.15) is 6.07 Å². The van der Waals surface area contributed by atoms with Crippen LogP contribution < -0.4 is 5.32 Å². The van der Waals surface area contributed by atoms with E-state index in [1.807, 2.05) is 24.7 Å². The lowest BCUT2D eigenvalue weighted by Crippen LogP contribution is -2.21. The molecule has 3 aromatic heterocycles. The summed E-state index contributed by atoms with van der Waals surface area (Å²) in [6.45, 7) is 2.50. The predicted molar refractivity (Wildman–Crippen MR) is 96.0 cm³/mol. The molecule has 0 radical (unpaired) electrons. The molecule has 0 bridgehead atoms. The summed E-state index contributed by atoms with van der Waals surface area (Å²) in [4.78, 5) is 1.03. The second kappa shape index (κ2) is 7.99. The molecule has 1 fully saturated rings. The molecule has 0 unspecified atom stereocenters. The van der Waals surface area contributed by atoms with Crippen molar-refractivity contribution in [3.05, 3.63) is 36.4 Å². The van der Waals surface area contributed by atoms with Crippen LogP contribution in [0.15, 0.2) is 35.7 Å². The number of fused-ring (bicyclic) bond motifs is 1. The van der Waals surface area contributed by atoms with E-state index in [1.54, 1.807) is 28.7 Å². The van der Waals surface area contributed by atoms with Gasteiger partial charge in [-0.15, -0.1) is 11.8 Å². The number of nitrogens with one attached hydrogen (secondary N) is 2. The van der Waals surface area contributed by atoms with E-state index in [-0.39, 0.29) is 0 Å². The van der Waals surface area contributed by atoms with Crippen LogP contribution in [0.4, 0.5) is 0 Å². The van der Waals surface area contributed by atoms with Crippen LogP contribution in [-0.2, 0) is 0 Å². The average Bonchev–Trinajstić information content (AvgIpc) is 3.32. The van der Waals surface area contributed by atoms with E-state index in [0.29, 0.717) is 5.56 Å². The van der Waals surface area contributed by atoms with Crippen LogP contribution >= 0.6 is 11.8 Å². The Kier molecular flexibility index (Phi) is 5.51. The van der Waals surface area contributed by atoms with Gasteiger partial charge in [-0.1, -0.05) is 6.42 Å². The molecule has 6 nitrogen and oxygen atoms in total. The predicted octanol–water partition coefficient (Wildman–Crippen LogP) is 3.08. The lowest BCUT2D eigenvalue weighted by Gasteiger charge is -2.08. The lowest BCUT2D eigenvalue weighted by atomic mass is 10.1. The quantitative estimate of drug-likeness (QED) is 0.701. The molecule has 1 aliphatic rings. The molecule has 0 aromatic carbocycles. The van der Waals surface area contributed by atoms with E-state index in [2.05, 4.69) is 26.7 Å². The number of thioether (sulfide) groups is 1. The molecule has 7 heteroatoms. The summed E-state index contributed by atoms with van der Waals surface area (Å²) in [6, 6.07) is 4.21. The third-order valence-corrected chi connectivity index (χ3v) is 4.71. The van der Waals surface area contributed by atoms with Gasteiger partial charge in [-0.05, 0) is 38.3 Å². The Hall–Kier alpha value is -2.30. The van der Waals surface area contributed by atoms with E-state index in [4.69, 9.17) is 5.26 Å². The summed E-state index contributed by atoms with van der Waals surface area (Å²) in [6.07, 6.45) is 13.3. The first kappa shape index (κ1) is 16.6. The third-order valence-electron chi connectivity index (χ3n) is 3.96. The molecule has 4 rings (SSSR count). The fourth-order valence-corrected chi connectivity index (χ4v) is 3.33. The van der Waals surface area contributed by atoms with Crippen LogP contribution in [-0.4, -0.2) is 39.2 Å². The Morgan fingerprint density at radius 1 is 1.21 bits per heavy atom. The highest BCUT2D eigenvalue weighted by molar-refractivity contribution is 7.98. The van der Waals surface area contributed by atoms with Gasteiger partial charge < -0.3 is 5.32 Å². The average molecular weight is 340 g/mol. The highest BCUT2D eigenvalue weighted by Gasteiger charge is 2.11. The number of nitriles is 1. The van der Waals surface area contributed by atoms with Crippen molar-refractivity contribution in [3.8, 4) is 17.2 Å². The van der Waals surface area contributed by atoms with Crippen molar-refractivity contribution in [1.82, 2.24) is 25.1 Å². The van der Waals surface area contributed by atoms with E-state index in [1.165, 1.54) is 32.4 Å². The number of aromatic nitrogens is 4. The Labute approximate surface area is 145 Å². The molecule has 1 aliphatic heterocycles. The first-order valence-corrected chi connectivity index (χ1v) is 9.21. The summed E-state index contributed by atoms with van der Waals surface area (Å²) in [7, 11) is 0. The van der Waals surface area contributed by atoms with Crippen molar-refractivity contribution in [3.63, 3.8) is 0 Å². The van der Waals surface area contributed by atoms with Crippen molar-refractivity contribution >= 4 is 17.3 Å². The fourth-order valence-electron chi connectivity index (χ4n) is 2.69. The summed E-state index contributed by atoms with van der Waals surface area (Å²) in [5.41, 5.74) is 3.48. The van der Waals surface area contributed by atoms with E-state index in [9.17, 15) is 0 Å². The standard InChI is InChI=1S/C12H9N5S.C5H11N/c1-18-11-2-8(10-4-14-15-5-10)7-17-12(11)9(3-13)6-16-17;1-2-4-6-5-3-1/h2,4-7H,1H3,(H,14,15);6H,1-5H2. The Bertz CT molecular complexity index is 815. The Morgan fingerprint density at radius 2 is 2.04 bits per heavy atom. The van der Waals surface area contributed by atoms with E-state index in [0.717, 1.165) is 21.5 Å². The zero-order valence-corrected chi connectivity index (χ0v) is 14.4. The third kappa shape index (κ3) is 3.61.